The van der Waals surface area contributed by atoms with Crippen LogP contribution in [0.1, 0.15) is 57.6 Å². The van der Waals surface area contributed by atoms with Gasteiger partial charge in [-0.05, 0) is 56.7 Å². The maximum atomic E-state index is 6.19. The monoisotopic (exact) mass is 325 g/mol. The minimum absolute atomic E-state index is 0.000481. The van der Waals surface area contributed by atoms with E-state index in [1.54, 1.807) is 0 Å². The Kier molecular flexibility index (Phi) is 5.28. The molecule has 1 aliphatic carbocycles. The van der Waals surface area contributed by atoms with Crippen molar-refractivity contribution in [1.29, 1.82) is 0 Å². The van der Waals surface area contributed by atoms with Gasteiger partial charge in [0.15, 0.2) is 0 Å². The molecule has 0 bridgehead atoms. The van der Waals surface area contributed by atoms with Crippen molar-refractivity contribution in [2.24, 2.45) is 11.7 Å². The van der Waals surface area contributed by atoms with Gasteiger partial charge in [0.05, 0.1) is 6.10 Å². The molecule has 0 heterocycles. The maximum Gasteiger partial charge on any atom is 0.124 e. The number of halogens is 1. The lowest BCUT2D eigenvalue weighted by Gasteiger charge is -2.29. The van der Waals surface area contributed by atoms with E-state index in [0.717, 1.165) is 21.7 Å². The van der Waals surface area contributed by atoms with Gasteiger partial charge in [0, 0.05) is 16.1 Å². The highest BCUT2D eigenvalue weighted by Gasteiger charge is 2.22. The van der Waals surface area contributed by atoms with Crippen molar-refractivity contribution in [2.75, 3.05) is 0 Å². The van der Waals surface area contributed by atoms with Crippen molar-refractivity contribution in [1.82, 2.24) is 0 Å². The average molecular weight is 326 g/mol. The number of rotatable bonds is 4. The lowest BCUT2D eigenvalue weighted by atomic mass is 9.86. The van der Waals surface area contributed by atoms with Crippen LogP contribution in [0.15, 0.2) is 22.7 Å². The molecule has 2 rings (SSSR count). The van der Waals surface area contributed by atoms with E-state index in [1.165, 1.54) is 32.1 Å². The third kappa shape index (κ3) is 3.96. The van der Waals surface area contributed by atoms with Crippen LogP contribution in [0.2, 0.25) is 0 Å². The standard InChI is InChI=1S/C16H24BrNO/c1-3-12-4-7-14(8-5-12)19-16-9-6-13(17)10-15(16)11(2)18/h6,9-12,14H,3-5,7-8,18H2,1-2H3. The van der Waals surface area contributed by atoms with Crippen LogP contribution in [-0.4, -0.2) is 6.10 Å². The summed E-state index contributed by atoms with van der Waals surface area (Å²) in [7, 11) is 0. The summed E-state index contributed by atoms with van der Waals surface area (Å²) in [5.74, 6) is 1.86. The van der Waals surface area contributed by atoms with E-state index < -0.39 is 0 Å². The molecule has 0 spiro atoms. The van der Waals surface area contributed by atoms with Gasteiger partial charge < -0.3 is 10.5 Å². The van der Waals surface area contributed by atoms with Crippen LogP contribution in [0.25, 0.3) is 0 Å². The molecule has 1 saturated carbocycles. The predicted octanol–water partition coefficient (Wildman–Crippen LogP) is 4.82. The normalized spacial score (nSPS) is 25.1. The highest BCUT2D eigenvalue weighted by atomic mass is 79.9. The van der Waals surface area contributed by atoms with Crippen molar-refractivity contribution < 1.29 is 4.74 Å². The van der Waals surface area contributed by atoms with Gasteiger partial charge in [-0.15, -0.1) is 0 Å². The first-order chi connectivity index (χ1) is 9.10. The molecule has 0 saturated heterocycles. The number of benzene rings is 1. The lowest BCUT2D eigenvalue weighted by Crippen LogP contribution is -2.24. The molecule has 19 heavy (non-hydrogen) atoms. The van der Waals surface area contributed by atoms with E-state index in [4.69, 9.17) is 10.5 Å². The van der Waals surface area contributed by atoms with Crippen LogP contribution in [0.5, 0.6) is 5.75 Å². The van der Waals surface area contributed by atoms with Crippen molar-refractivity contribution in [3.63, 3.8) is 0 Å². The van der Waals surface area contributed by atoms with Crippen LogP contribution in [0, 0.1) is 5.92 Å². The second kappa shape index (κ2) is 6.76. The third-order valence-electron chi connectivity index (χ3n) is 4.13. The van der Waals surface area contributed by atoms with Crippen LogP contribution >= 0.6 is 15.9 Å². The molecule has 1 aliphatic rings. The minimum Gasteiger partial charge on any atom is -0.490 e. The molecule has 0 radical (unpaired) electrons. The van der Waals surface area contributed by atoms with E-state index in [-0.39, 0.29) is 6.04 Å². The second-order valence-electron chi connectivity index (χ2n) is 5.64. The highest BCUT2D eigenvalue weighted by Crippen LogP contribution is 2.33. The summed E-state index contributed by atoms with van der Waals surface area (Å²) in [6.07, 6.45) is 6.60. The average Bonchev–Trinajstić information content (AvgIpc) is 2.41. The SMILES string of the molecule is CCC1CCC(Oc2ccc(Br)cc2C(C)N)CC1. The minimum atomic E-state index is -0.000481. The highest BCUT2D eigenvalue weighted by molar-refractivity contribution is 9.10. The summed E-state index contributed by atoms with van der Waals surface area (Å²) < 4.78 is 7.25. The van der Waals surface area contributed by atoms with Gasteiger partial charge in [-0.25, -0.2) is 0 Å². The zero-order chi connectivity index (χ0) is 13.8. The van der Waals surface area contributed by atoms with Gasteiger partial charge in [0.2, 0.25) is 0 Å². The Morgan fingerprint density at radius 3 is 2.58 bits per heavy atom. The first-order valence-corrected chi connectivity index (χ1v) is 8.11. The van der Waals surface area contributed by atoms with Crippen molar-refractivity contribution in [2.45, 2.75) is 58.1 Å². The number of hydrogen-bond acceptors (Lipinski definition) is 2. The molecule has 2 N–H and O–H groups in total. The van der Waals surface area contributed by atoms with E-state index in [2.05, 4.69) is 28.9 Å². The van der Waals surface area contributed by atoms with Crippen LogP contribution in [-0.2, 0) is 0 Å². The third-order valence-corrected chi connectivity index (χ3v) is 4.62. The Balaban J connectivity index is 2.03. The molecule has 2 nitrogen and oxygen atoms in total. The molecule has 1 unspecified atom stereocenters. The van der Waals surface area contributed by atoms with Gasteiger partial charge in [-0.1, -0.05) is 29.3 Å². The van der Waals surface area contributed by atoms with Crippen LogP contribution < -0.4 is 10.5 Å². The summed E-state index contributed by atoms with van der Waals surface area (Å²) in [5, 5.41) is 0. The second-order valence-corrected chi connectivity index (χ2v) is 6.56. The summed E-state index contributed by atoms with van der Waals surface area (Å²) in [4.78, 5) is 0. The Morgan fingerprint density at radius 1 is 1.32 bits per heavy atom. The van der Waals surface area contributed by atoms with Gasteiger partial charge >= 0.3 is 0 Å². The van der Waals surface area contributed by atoms with Crippen LogP contribution in [0.3, 0.4) is 0 Å². The fraction of sp³-hybridized carbons (Fsp3) is 0.625. The van der Waals surface area contributed by atoms with Gasteiger partial charge in [-0.3, -0.25) is 0 Å². The first-order valence-electron chi connectivity index (χ1n) is 7.31. The van der Waals surface area contributed by atoms with Crippen LogP contribution in [0.4, 0.5) is 0 Å². The zero-order valence-electron chi connectivity index (χ0n) is 11.9. The molecule has 106 valence electrons. The molecule has 3 heteroatoms. The maximum absolute atomic E-state index is 6.19. The molecule has 1 aromatic rings. The number of hydrogen-bond donors (Lipinski definition) is 1. The van der Waals surface area contributed by atoms with Crippen molar-refractivity contribution in [3.05, 3.63) is 28.2 Å². The van der Waals surface area contributed by atoms with E-state index >= 15 is 0 Å². The molecule has 0 amide bonds. The topological polar surface area (TPSA) is 35.2 Å². The molecular weight excluding hydrogens is 302 g/mol. The predicted molar refractivity (Wildman–Crippen MR) is 83.4 cm³/mol. The summed E-state index contributed by atoms with van der Waals surface area (Å²) in [6, 6.07) is 6.13. The Morgan fingerprint density at radius 2 is 2.00 bits per heavy atom. The largest absolute Gasteiger partial charge is 0.490 e. The summed E-state index contributed by atoms with van der Waals surface area (Å²) >= 11 is 3.50. The fourth-order valence-corrected chi connectivity index (χ4v) is 3.20. The van der Waals surface area contributed by atoms with Gasteiger partial charge in [-0.2, -0.15) is 0 Å². The molecule has 1 atom stereocenters. The first kappa shape index (κ1) is 14.9. The number of nitrogens with two attached hydrogens (primary N) is 1. The van der Waals surface area contributed by atoms with Crippen molar-refractivity contribution >= 4 is 15.9 Å². The lowest BCUT2D eigenvalue weighted by molar-refractivity contribution is 0.128. The molecule has 0 aliphatic heterocycles. The molecule has 1 aromatic carbocycles. The Bertz CT molecular complexity index is 411. The van der Waals surface area contributed by atoms with E-state index in [9.17, 15) is 0 Å². The Labute approximate surface area is 124 Å². The fourth-order valence-electron chi connectivity index (χ4n) is 2.82. The molecule has 0 aromatic heterocycles. The zero-order valence-corrected chi connectivity index (χ0v) is 13.4. The molecular formula is C16H24BrNO. The smallest absolute Gasteiger partial charge is 0.124 e. The summed E-state index contributed by atoms with van der Waals surface area (Å²) in [6.45, 7) is 4.29. The van der Waals surface area contributed by atoms with Gasteiger partial charge in [0.1, 0.15) is 5.75 Å². The quantitative estimate of drug-likeness (QED) is 0.861. The van der Waals surface area contributed by atoms with E-state index in [0.29, 0.717) is 6.10 Å². The van der Waals surface area contributed by atoms with Crippen molar-refractivity contribution in [3.8, 4) is 5.75 Å². The summed E-state index contributed by atoms with van der Waals surface area (Å²) in [5.41, 5.74) is 7.12. The Hall–Kier alpha value is -0.540. The van der Waals surface area contributed by atoms with E-state index in [1.807, 2.05) is 19.1 Å². The molecule has 1 fully saturated rings. The number of ether oxygens (including phenoxy) is 1. The van der Waals surface area contributed by atoms with Gasteiger partial charge in [0.25, 0.3) is 0 Å².